The fraction of sp³-hybridized carbons (Fsp3) is 0.286. The lowest BCUT2D eigenvalue weighted by Crippen LogP contribution is -2.26. The zero-order valence-corrected chi connectivity index (χ0v) is 11.6. The van der Waals surface area contributed by atoms with Gasteiger partial charge >= 0.3 is 0 Å². The maximum absolute atomic E-state index is 12.3. The van der Waals surface area contributed by atoms with Crippen molar-refractivity contribution in [2.24, 2.45) is 0 Å². The highest BCUT2D eigenvalue weighted by molar-refractivity contribution is 6.29. The molecule has 2 aromatic rings. The molecule has 0 fully saturated rings. The van der Waals surface area contributed by atoms with Crippen molar-refractivity contribution in [3.8, 4) is 0 Å². The molecule has 0 aliphatic carbocycles. The lowest BCUT2D eigenvalue weighted by atomic mass is 10.2. The van der Waals surface area contributed by atoms with Gasteiger partial charge in [-0.1, -0.05) is 18.5 Å². The van der Waals surface area contributed by atoms with Crippen molar-refractivity contribution in [1.29, 1.82) is 0 Å². The Morgan fingerprint density at radius 1 is 1.47 bits per heavy atom. The molecule has 0 aliphatic rings. The minimum atomic E-state index is -0.101. The summed E-state index contributed by atoms with van der Waals surface area (Å²) in [6.07, 6.45) is 2.33. The molecule has 5 heteroatoms. The SMILES string of the molecule is CCc1cc(C(=O)N(C)Cc2ccco2)cc(Cl)n1. The molecular weight excluding hydrogens is 264 g/mol. The molecule has 2 heterocycles. The molecule has 0 aliphatic heterocycles. The smallest absolute Gasteiger partial charge is 0.254 e. The van der Waals surface area contributed by atoms with Crippen LogP contribution >= 0.6 is 11.6 Å². The average molecular weight is 279 g/mol. The third-order valence-corrected chi connectivity index (χ3v) is 2.97. The summed E-state index contributed by atoms with van der Waals surface area (Å²) >= 11 is 5.92. The molecular formula is C14H15ClN2O2. The van der Waals surface area contributed by atoms with E-state index in [-0.39, 0.29) is 5.91 Å². The van der Waals surface area contributed by atoms with Gasteiger partial charge in [-0.3, -0.25) is 4.79 Å². The molecule has 1 amide bonds. The summed E-state index contributed by atoms with van der Waals surface area (Å²) in [5.74, 6) is 0.641. The topological polar surface area (TPSA) is 46.3 Å². The van der Waals surface area contributed by atoms with Crippen molar-refractivity contribution < 1.29 is 9.21 Å². The van der Waals surface area contributed by atoms with Gasteiger partial charge in [-0.25, -0.2) is 4.98 Å². The summed E-state index contributed by atoms with van der Waals surface area (Å²) in [4.78, 5) is 18.0. The molecule has 0 atom stereocenters. The maximum atomic E-state index is 12.3. The first-order chi connectivity index (χ1) is 9.10. The number of hydrogen-bond donors (Lipinski definition) is 0. The molecule has 0 bridgehead atoms. The van der Waals surface area contributed by atoms with Crippen molar-refractivity contribution in [3.63, 3.8) is 0 Å². The number of pyridine rings is 1. The predicted octanol–water partition coefficient (Wildman–Crippen LogP) is 3.16. The highest BCUT2D eigenvalue weighted by Crippen LogP contribution is 2.14. The largest absolute Gasteiger partial charge is 0.467 e. The van der Waals surface area contributed by atoms with E-state index < -0.39 is 0 Å². The highest BCUT2D eigenvalue weighted by Gasteiger charge is 2.14. The first-order valence-electron chi connectivity index (χ1n) is 6.04. The maximum Gasteiger partial charge on any atom is 0.254 e. The number of amides is 1. The van der Waals surface area contributed by atoms with E-state index in [0.717, 1.165) is 17.9 Å². The van der Waals surface area contributed by atoms with Crippen molar-refractivity contribution >= 4 is 17.5 Å². The van der Waals surface area contributed by atoms with Crippen molar-refractivity contribution in [3.05, 3.63) is 52.7 Å². The van der Waals surface area contributed by atoms with E-state index in [1.165, 1.54) is 0 Å². The first-order valence-corrected chi connectivity index (χ1v) is 6.42. The number of carbonyl (C=O) groups is 1. The van der Waals surface area contributed by atoms with E-state index in [0.29, 0.717) is 17.3 Å². The molecule has 0 radical (unpaired) electrons. The van der Waals surface area contributed by atoms with Crippen LogP contribution < -0.4 is 0 Å². The molecule has 0 unspecified atom stereocenters. The predicted molar refractivity (Wildman–Crippen MR) is 73.1 cm³/mol. The van der Waals surface area contributed by atoms with Crippen LogP contribution in [0.2, 0.25) is 5.15 Å². The Labute approximate surface area is 117 Å². The van der Waals surface area contributed by atoms with Gasteiger partial charge in [0.15, 0.2) is 0 Å². The van der Waals surface area contributed by atoms with E-state index in [9.17, 15) is 4.79 Å². The zero-order valence-electron chi connectivity index (χ0n) is 10.9. The molecule has 2 rings (SSSR count). The Bertz CT molecular complexity index is 567. The Hall–Kier alpha value is -1.81. The molecule has 0 spiro atoms. The van der Waals surface area contributed by atoms with E-state index in [1.807, 2.05) is 13.0 Å². The molecule has 19 heavy (non-hydrogen) atoms. The number of nitrogens with zero attached hydrogens (tertiary/aromatic N) is 2. The van der Waals surface area contributed by atoms with Crippen LogP contribution in [0.5, 0.6) is 0 Å². The molecule has 0 aromatic carbocycles. The second kappa shape index (κ2) is 5.89. The van der Waals surface area contributed by atoms with Crippen LogP contribution in [-0.4, -0.2) is 22.8 Å². The number of furan rings is 1. The van der Waals surface area contributed by atoms with Crippen LogP contribution in [-0.2, 0) is 13.0 Å². The first kappa shape index (κ1) is 13.6. The summed E-state index contributed by atoms with van der Waals surface area (Å²) in [5.41, 5.74) is 1.35. The monoisotopic (exact) mass is 278 g/mol. The van der Waals surface area contributed by atoms with E-state index >= 15 is 0 Å². The molecule has 2 aromatic heterocycles. The Morgan fingerprint density at radius 2 is 2.26 bits per heavy atom. The van der Waals surface area contributed by atoms with Gasteiger partial charge in [0.25, 0.3) is 5.91 Å². The van der Waals surface area contributed by atoms with Gasteiger partial charge in [0.05, 0.1) is 12.8 Å². The zero-order chi connectivity index (χ0) is 13.8. The van der Waals surface area contributed by atoms with Gasteiger partial charge in [-0.15, -0.1) is 0 Å². The van der Waals surface area contributed by atoms with Crippen molar-refractivity contribution in [2.75, 3.05) is 7.05 Å². The van der Waals surface area contributed by atoms with Crippen molar-refractivity contribution in [2.45, 2.75) is 19.9 Å². The second-order valence-electron chi connectivity index (χ2n) is 4.26. The van der Waals surface area contributed by atoms with Gasteiger partial charge in [-0.05, 0) is 30.7 Å². The van der Waals surface area contributed by atoms with Crippen LogP contribution in [0.15, 0.2) is 34.9 Å². The van der Waals surface area contributed by atoms with E-state index in [4.69, 9.17) is 16.0 Å². The van der Waals surface area contributed by atoms with Crippen molar-refractivity contribution in [1.82, 2.24) is 9.88 Å². The Morgan fingerprint density at radius 3 is 2.89 bits per heavy atom. The van der Waals surface area contributed by atoms with Crippen LogP contribution in [0, 0.1) is 0 Å². The van der Waals surface area contributed by atoms with Gasteiger partial charge < -0.3 is 9.32 Å². The second-order valence-corrected chi connectivity index (χ2v) is 4.65. The number of rotatable bonds is 4. The van der Waals surface area contributed by atoms with Gasteiger partial charge in [0, 0.05) is 18.3 Å². The normalized spacial score (nSPS) is 10.5. The average Bonchev–Trinajstić information content (AvgIpc) is 2.89. The fourth-order valence-corrected chi connectivity index (χ4v) is 2.01. The molecule has 0 N–H and O–H groups in total. The quantitative estimate of drug-likeness (QED) is 0.807. The number of aryl methyl sites for hydroxylation is 1. The summed E-state index contributed by atoms with van der Waals surface area (Å²) < 4.78 is 5.23. The number of hydrogen-bond acceptors (Lipinski definition) is 3. The number of carbonyl (C=O) groups excluding carboxylic acids is 1. The minimum Gasteiger partial charge on any atom is -0.467 e. The van der Waals surface area contributed by atoms with Crippen LogP contribution in [0.1, 0.15) is 28.7 Å². The van der Waals surface area contributed by atoms with Gasteiger partial charge in [-0.2, -0.15) is 0 Å². The summed E-state index contributed by atoms with van der Waals surface area (Å²) in [5, 5.41) is 0.342. The van der Waals surface area contributed by atoms with Crippen LogP contribution in [0.4, 0.5) is 0 Å². The van der Waals surface area contributed by atoms with Gasteiger partial charge in [0.2, 0.25) is 0 Å². The third kappa shape index (κ3) is 3.35. The van der Waals surface area contributed by atoms with Gasteiger partial charge in [0.1, 0.15) is 10.9 Å². The van der Waals surface area contributed by atoms with Crippen LogP contribution in [0.25, 0.3) is 0 Å². The molecule has 100 valence electrons. The summed E-state index contributed by atoms with van der Waals surface area (Å²) in [6.45, 7) is 2.40. The Kier molecular flexibility index (Phi) is 4.22. The molecule has 0 saturated carbocycles. The number of aromatic nitrogens is 1. The summed E-state index contributed by atoms with van der Waals surface area (Å²) in [6, 6.07) is 6.99. The molecule has 0 saturated heterocycles. The third-order valence-electron chi connectivity index (χ3n) is 2.78. The Balaban J connectivity index is 2.16. The molecule has 4 nitrogen and oxygen atoms in total. The fourth-order valence-electron chi connectivity index (χ4n) is 1.78. The minimum absolute atomic E-state index is 0.101. The van der Waals surface area contributed by atoms with E-state index in [1.54, 1.807) is 36.4 Å². The number of halogens is 1. The standard InChI is InChI=1S/C14H15ClN2O2/c1-3-11-7-10(8-13(15)16-11)14(18)17(2)9-12-5-4-6-19-12/h4-8H,3,9H2,1-2H3. The summed E-state index contributed by atoms with van der Waals surface area (Å²) in [7, 11) is 1.73. The van der Waals surface area contributed by atoms with E-state index in [2.05, 4.69) is 4.98 Å². The lowest BCUT2D eigenvalue weighted by Gasteiger charge is -2.16. The lowest BCUT2D eigenvalue weighted by molar-refractivity contribution is 0.0775. The highest BCUT2D eigenvalue weighted by atomic mass is 35.5. The van der Waals surface area contributed by atoms with Crippen LogP contribution in [0.3, 0.4) is 0 Å².